The van der Waals surface area contributed by atoms with Crippen molar-refractivity contribution < 1.29 is 28.6 Å². The molecule has 0 saturated carbocycles. The van der Waals surface area contributed by atoms with Crippen LogP contribution >= 0.6 is 0 Å². The molecule has 1 atom stereocenters. The molecule has 5 aromatic rings. The molecule has 0 radical (unpaired) electrons. The zero-order chi connectivity index (χ0) is 39.9. The number of fused-ring (bicyclic) bond motifs is 1. The number of carbonyl (C=O) groups excluding carboxylic acids is 3. The number of anilines is 2. The fourth-order valence-electron chi connectivity index (χ4n) is 7.40. The summed E-state index contributed by atoms with van der Waals surface area (Å²) < 4.78 is 23.0. The van der Waals surface area contributed by atoms with Crippen LogP contribution in [0, 0.1) is 17.8 Å². The van der Waals surface area contributed by atoms with E-state index in [-0.39, 0.29) is 35.4 Å². The van der Waals surface area contributed by atoms with Gasteiger partial charge in [-0.1, -0.05) is 30.2 Å². The van der Waals surface area contributed by atoms with Crippen molar-refractivity contribution in [1.82, 2.24) is 29.3 Å². The number of aliphatic hydroxyl groups excluding tert-OH is 1. The van der Waals surface area contributed by atoms with Crippen LogP contribution in [0.15, 0.2) is 77.9 Å². The van der Waals surface area contributed by atoms with E-state index in [2.05, 4.69) is 54.8 Å². The molecule has 57 heavy (non-hydrogen) atoms. The minimum Gasteiger partial charge on any atom is -0.392 e. The Hall–Kier alpha value is -6.21. The van der Waals surface area contributed by atoms with Crippen molar-refractivity contribution >= 4 is 40.3 Å². The standard InChI is InChI=1S/C42H43FN8O6/c1-49-39-29(7-3-9-35(39)51(42(49)56)36-12-13-38(53)48-40(36)54)8-4-20-57-33-15-18-50(19-16-33)25-28-6-2-5-27(21-28)10-11-31-22-32(14-17-44-31)46-41(55)47-34-23-37(43)45-24-30(34)26-52/h2-3,5-7,9,14,17,21-24,33,36,52H,4,8,12-13,15-16,18-20,25-26H2,1H3,(H,48,53,54)(H2,44,45,46,47,55). The first-order chi connectivity index (χ1) is 27.6. The molecule has 0 aliphatic carbocycles. The van der Waals surface area contributed by atoms with E-state index >= 15 is 0 Å². The zero-order valence-corrected chi connectivity index (χ0v) is 31.5. The normalized spacial score (nSPS) is 16.2. The average Bonchev–Trinajstić information content (AvgIpc) is 3.45. The molecule has 5 heterocycles. The maximum Gasteiger partial charge on any atom is 0.329 e. The lowest BCUT2D eigenvalue weighted by Crippen LogP contribution is -2.44. The number of benzene rings is 2. The number of hydrogen-bond acceptors (Lipinski definition) is 9. The number of nitrogens with zero attached hydrogens (tertiary/aromatic N) is 5. The first kappa shape index (κ1) is 39.0. The molecule has 3 aromatic heterocycles. The van der Waals surface area contributed by atoms with Gasteiger partial charge in [-0.15, -0.1) is 0 Å². The highest BCUT2D eigenvalue weighted by atomic mass is 19.1. The van der Waals surface area contributed by atoms with Gasteiger partial charge in [0.25, 0.3) is 0 Å². The van der Waals surface area contributed by atoms with Gasteiger partial charge in [-0.05, 0) is 79.5 Å². The predicted molar refractivity (Wildman–Crippen MR) is 211 cm³/mol. The van der Waals surface area contributed by atoms with E-state index in [9.17, 15) is 28.7 Å². The van der Waals surface area contributed by atoms with E-state index in [4.69, 9.17) is 4.74 Å². The molecule has 294 valence electrons. The maximum atomic E-state index is 13.6. The van der Waals surface area contributed by atoms with E-state index in [1.807, 2.05) is 30.3 Å². The quantitative estimate of drug-likeness (QED) is 0.0657. The molecule has 15 heteroatoms. The average molecular weight is 775 g/mol. The number of para-hydroxylation sites is 1. The number of imidazole rings is 1. The Morgan fingerprint density at radius 2 is 1.82 bits per heavy atom. The lowest BCUT2D eigenvalue weighted by Gasteiger charge is -2.32. The highest BCUT2D eigenvalue weighted by molar-refractivity contribution is 6.01. The first-order valence-electron chi connectivity index (χ1n) is 18.9. The number of aromatic nitrogens is 4. The molecular formula is C42H43FN8O6. The Labute approximate surface area is 328 Å². The van der Waals surface area contributed by atoms with E-state index < -0.39 is 30.5 Å². The van der Waals surface area contributed by atoms with Crippen LogP contribution in [0.2, 0.25) is 0 Å². The Morgan fingerprint density at radius 3 is 2.63 bits per heavy atom. The molecule has 2 aromatic carbocycles. The summed E-state index contributed by atoms with van der Waals surface area (Å²) in [7, 11) is 1.72. The number of aliphatic hydroxyl groups is 1. The molecular weight excluding hydrogens is 732 g/mol. The van der Waals surface area contributed by atoms with Crippen molar-refractivity contribution in [2.45, 2.75) is 63.8 Å². The van der Waals surface area contributed by atoms with Crippen LogP contribution in [0.1, 0.15) is 66.1 Å². The van der Waals surface area contributed by atoms with Gasteiger partial charge in [0.15, 0.2) is 0 Å². The number of imide groups is 1. The lowest BCUT2D eigenvalue weighted by atomic mass is 10.0. The third kappa shape index (κ3) is 9.43. The van der Waals surface area contributed by atoms with E-state index in [1.54, 1.807) is 23.7 Å². The Kier molecular flexibility index (Phi) is 12.1. The zero-order valence-electron chi connectivity index (χ0n) is 31.5. The molecule has 4 amide bonds. The fourth-order valence-corrected chi connectivity index (χ4v) is 7.40. The van der Waals surface area contributed by atoms with Crippen molar-refractivity contribution in [3.8, 4) is 11.8 Å². The van der Waals surface area contributed by atoms with E-state index in [0.29, 0.717) is 29.9 Å². The number of ether oxygens (including phenoxy) is 1. The predicted octanol–water partition coefficient (Wildman–Crippen LogP) is 4.40. The van der Waals surface area contributed by atoms with Crippen molar-refractivity contribution in [2.75, 3.05) is 30.3 Å². The Bertz CT molecular complexity index is 2430. The second-order valence-electron chi connectivity index (χ2n) is 14.2. The van der Waals surface area contributed by atoms with Crippen LogP contribution in [-0.4, -0.2) is 72.8 Å². The maximum absolute atomic E-state index is 13.6. The van der Waals surface area contributed by atoms with Gasteiger partial charge in [0.2, 0.25) is 17.8 Å². The number of carbonyl (C=O) groups is 3. The van der Waals surface area contributed by atoms with Gasteiger partial charge in [0.05, 0.1) is 29.4 Å². The van der Waals surface area contributed by atoms with Gasteiger partial charge in [-0.25, -0.2) is 19.6 Å². The van der Waals surface area contributed by atoms with E-state index in [1.165, 1.54) is 10.8 Å². The lowest BCUT2D eigenvalue weighted by molar-refractivity contribution is -0.135. The third-order valence-corrected chi connectivity index (χ3v) is 10.2. The monoisotopic (exact) mass is 774 g/mol. The van der Waals surface area contributed by atoms with Crippen molar-refractivity contribution in [3.63, 3.8) is 0 Å². The molecule has 2 fully saturated rings. The second kappa shape index (κ2) is 17.7. The topological polar surface area (TPSA) is 173 Å². The van der Waals surface area contributed by atoms with Crippen molar-refractivity contribution in [2.24, 2.45) is 7.05 Å². The van der Waals surface area contributed by atoms with Gasteiger partial charge in [0.1, 0.15) is 11.7 Å². The highest BCUT2D eigenvalue weighted by Crippen LogP contribution is 2.26. The van der Waals surface area contributed by atoms with Gasteiger partial charge in [0, 0.05) is 75.0 Å². The molecule has 0 spiro atoms. The summed E-state index contributed by atoms with van der Waals surface area (Å²) >= 11 is 0. The summed E-state index contributed by atoms with van der Waals surface area (Å²) in [6.07, 6.45) is 6.73. The van der Waals surface area contributed by atoms with Crippen molar-refractivity contribution in [3.05, 3.63) is 117 Å². The molecule has 0 bridgehead atoms. The number of hydrogen-bond donors (Lipinski definition) is 4. The fraction of sp³-hybridized carbons (Fsp3) is 0.333. The smallest absolute Gasteiger partial charge is 0.329 e. The summed E-state index contributed by atoms with van der Waals surface area (Å²) in [5, 5.41) is 17.0. The van der Waals surface area contributed by atoms with Crippen LogP contribution in [0.4, 0.5) is 20.6 Å². The van der Waals surface area contributed by atoms with Crippen molar-refractivity contribution in [1.29, 1.82) is 0 Å². The molecule has 4 N–H and O–H groups in total. The van der Waals surface area contributed by atoms with Crippen LogP contribution in [0.5, 0.6) is 0 Å². The number of likely N-dealkylation sites (tertiary alicyclic amines) is 1. The second-order valence-corrected chi connectivity index (χ2v) is 14.2. The third-order valence-electron chi connectivity index (χ3n) is 10.2. The van der Waals surface area contributed by atoms with Gasteiger partial charge in [-0.2, -0.15) is 4.39 Å². The van der Waals surface area contributed by atoms with Crippen LogP contribution < -0.4 is 21.6 Å². The number of piperidine rings is 2. The number of rotatable bonds is 11. The highest BCUT2D eigenvalue weighted by Gasteiger charge is 2.31. The molecule has 14 nitrogen and oxygen atoms in total. The summed E-state index contributed by atoms with van der Waals surface area (Å²) in [5.74, 6) is 4.69. The molecule has 1 unspecified atom stereocenters. The number of pyridine rings is 2. The number of amides is 4. The van der Waals surface area contributed by atoms with Crippen LogP contribution in [0.3, 0.4) is 0 Å². The Balaban J connectivity index is 0.870. The summed E-state index contributed by atoms with van der Waals surface area (Å²) in [5.41, 5.74) is 5.52. The minimum absolute atomic E-state index is 0.116. The minimum atomic E-state index is -0.780. The largest absolute Gasteiger partial charge is 0.392 e. The molecule has 7 rings (SSSR count). The summed E-state index contributed by atoms with van der Waals surface area (Å²) in [6.45, 7) is 2.79. The summed E-state index contributed by atoms with van der Waals surface area (Å²) in [6, 6.07) is 16.8. The van der Waals surface area contributed by atoms with Crippen LogP contribution in [-0.2, 0) is 40.9 Å². The number of urea groups is 1. The SMILES string of the molecule is Cn1c(=O)n(C2CCC(=O)NC2=O)c2cccc(CCCOC3CCN(Cc4cccc(C#Cc5cc(NC(=O)Nc6cc(F)ncc6CO)ccn5)c4)CC3)c21. The molecule has 2 saturated heterocycles. The summed E-state index contributed by atoms with van der Waals surface area (Å²) in [4.78, 5) is 60.3. The number of halogens is 1. The van der Waals surface area contributed by atoms with Gasteiger partial charge in [-0.3, -0.25) is 28.9 Å². The molecule has 2 aliphatic rings. The number of aryl methyl sites for hydroxylation is 2. The van der Waals surface area contributed by atoms with Gasteiger partial charge >= 0.3 is 11.7 Å². The first-order valence-corrected chi connectivity index (χ1v) is 18.9. The van der Waals surface area contributed by atoms with E-state index in [0.717, 1.165) is 79.8 Å². The molecule has 2 aliphatic heterocycles. The number of nitrogens with one attached hydrogen (secondary N) is 3. The van der Waals surface area contributed by atoms with Gasteiger partial charge < -0.3 is 20.5 Å². The Morgan fingerprint density at radius 1 is 1.00 bits per heavy atom. The van der Waals surface area contributed by atoms with Crippen LogP contribution in [0.25, 0.3) is 11.0 Å².